The fraction of sp³-hybridized carbons (Fsp3) is 0.105. The molecule has 3 N–H and O–H groups in total. The van der Waals surface area contributed by atoms with Crippen LogP contribution in [0.4, 0.5) is 10.5 Å². The summed E-state index contributed by atoms with van der Waals surface area (Å²) >= 11 is 0.834. The molecule has 1 fully saturated rings. The lowest BCUT2D eigenvalue weighted by Crippen LogP contribution is -2.31. The van der Waals surface area contributed by atoms with Gasteiger partial charge < -0.3 is 5.32 Å². The number of hydrogen-bond acceptors (Lipinski definition) is 6. The summed E-state index contributed by atoms with van der Waals surface area (Å²) in [5.74, 6) is -0.853. The summed E-state index contributed by atoms with van der Waals surface area (Å²) < 4.78 is 22.5. The Hall–Kier alpha value is -2.95. The maximum Gasteiger partial charge on any atom is 0.293 e. The first-order valence-electron chi connectivity index (χ1n) is 8.47. The maximum atomic E-state index is 12.4. The van der Waals surface area contributed by atoms with Gasteiger partial charge in [-0.25, -0.2) is 13.6 Å². The molecule has 3 amide bonds. The molecule has 10 heteroatoms. The summed E-state index contributed by atoms with van der Waals surface area (Å²) in [7, 11) is -3.81. The maximum absolute atomic E-state index is 12.4. The lowest BCUT2D eigenvalue weighted by Gasteiger charge is -2.12. The van der Waals surface area contributed by atoms with Crippen LogP contribution >= 0.6 is 11.8 Å². The molecular weight excluding hydrogens is 414 g/mol. The number of nitrogens with one attached hydrogen (secondary N) is 1. The highest BCUT2D eigenvalue weighted by atomic mass is 32.2. The molecule has 0 unspecified atom stereocenters. The number of thioether (sulfide) groups is 1. The molecule has 8 nitrogen and oxygen atoms in total. The van der Waals surface area contributed by atoms with Crippen molar-refractivity contribution in [3.63, 3.8) is 0 Å². The molecule has 0 bridgehead atoms. The van der Waals surface area contributed by atoms with Crippen LogP contribution in [0.1, 0.15) is 12.0 Å². The molecule has 29 heavy (non-hydrogen) atoms. The largest absolute Gasteiger partial charge is 0.326 e. The number of carbonyl (C=O) groups excluding carboxylic acids is 3. The van der Waals surface area contributed by atoms with Crippen molar-refractivity contribution in [2.24, 2.45) is 5.14 Å². The van der Waals surface area contributed by atoms with Gasteiger partial charge in [-0.3, -0.25) is 19.3 Å². The molecule has 150 valence electrons. The second kappa shape index (κ2) is 8.60. The topological polar surface area (TPSA) is 127 Å². The highest BCUT2D eigenvalue weighted by Crippen LogP contribution is 2.32. The van der Waals surface area contributed by atoms with Gasteiger partial charge in [0, 0.05) is 18.7 Å². The van der Waals surface area contributed by atoms with Gasteiger partial charge in [0.1, 0.15) is 0 Å². The molecule has 0 radical (unpaired) electrons. The molecule has 1 aliphatic heterocycles. The van der Waals surface area contributed by atoms with Gasteiger partial charge in [-0.05, 0) is 47.7 Å². The Bertz CT molecular complexity index is 1080. The van der Waals surface area contributed by atoms with Crippen LogP contribution in [-0.4, -0.2) is 36.9 Å². The van der Waals surface area contributed by atoms with E-state index in [-0.39, 0.29) is 17.9 Å². The molecule has 1 saturated heterocycles. The minimum Gasteiger partial charge on any atom is -0.326 e. The number of sulfonamides is 1. The summed E-state index contributed by atoms with van der Waals surface area (Å²) in [4.78, 5) is 37.9. The first-order valence-corrected chi connectivity index (χ1v) is 10.8. The molecule has 2 aromatic carbocycles. The third-order valence-corrected chi connectivity index (χ3v) is 5.84. The first kappa shape index (κ1) is 20.8. The van der Waals surface area contributed by atoms with Crippen LogP contribution in [0.25, 0.3) is 6.08 Å². The van der Waals surface area contributed by atoms with Crippen LogP contribution in [0.3, 0.4) is 0 Å². The molecule has 3 rings (SSSR count). The molecule has 1 aliphatic rings. The van der Waals surface area contributed by atoms with E-state index in [1.165, 1.54) is 24.3 Å². The monoisotopic (exact) mass is 431 g/mol. The van der Waals surface area contributed by atoms with E-state index in [9.17, 15) is 22.8 Å². The van der Waals surface area contributed by atoms with Crippen molar-refractivity contribution < 1.29 is 22.8 Å². The lowest BCUT2D eigenvalue weighted by molar-refractivity contribution is -0.123. The second-order valence-corrected chi connectivity index (χ2v) is 8.67. The van der Waals surface area contributed by atoms with Gasteiger partial charge in [-0.15, -0.1) is 0 Å². The van der Waals surface area contributed by atoms with Gasteiger partial charge in [0.2, 0.25) is 15.9 Å². The third kappa shape index (κ3) is 5.31. The predicted octanol–water partition coefficient (Wildman–Crippen LogP) is 2.40. The lowest BCUT2D eigenvalue weighted by atomic mass is 10.2. The van der Waals surface area contributed by atoms with Crippen LogP contribution in [0.15, 0.2) is 64.4 Å². The highest BCUT2D eigenvalue weighted by Gasteiger charge is 2.35. The number of benzene rings is 2. The van der Waals surface area contributed by atoms with E-state index >= 15 is 0 Å². The Labute approximate surface area is 171 Å². The quantitative estimate of drug-likeness (QED) is 0.676. The number of primary sulfonamides is 1. The van der Waals surface area contributed by atoms with Crippen molar-refractivity contribution in [1.82, 2.24) is 4.90 Å². The molecule has 0 atom stereocenters. The predicted molar refractivity (Wildman–Crippen MR) is 110 cm³/mol. The Morgan fingerprint density at radius 2 is 1.72 bits per heavy atom. The fourth-order valence-corrected chi connectivity index (χ4v) is 3.94. The van der Waals surface area contributed by atoms with E-state index in [0.717, 1.165) is 22.2 Å². The number of rotatable bonds is 6. The second-order valence-electron chi connectivity index (χ2n) is 6.11. The zero-order valence-electron chi connectivity index (χ0n) is 15.1. The zero-order chi connectivity index (χ0) is 21.0. The molecular formula is C19H17N3O5S2. The average Bonchev–Trinajstić information content (AvgIpc) is 2.93. The van der Waals surface area contributed by atoms with Crippen LogP contribution in [0.2, 0.25) is 0 Å². The summed E-state index contributed by atoms with van der Waals surface area (Å²) in [6, 6.07) is 14.5. The molecule has 2 aromatic rings. The molecule has 0 saturated carbocycles. The Balaban J connectivity index is 1.58. The zero-order valence-corrected chi connectivity index (χ0v) is 16.7. The molecule has 0 spiro atoms. The summed E-state index contributed by atoms with van der Waals surface area (Å²) in [6.07, 6.45) is 1.55. The number of hydrogen-bond donors (Lipinski definition) is 2. The number of nitrogens with two attached hydrogens (primary N) is 1. The Kier molecular flexibility index (Phi) is 6.16. The highest BCUT2D eigenvalue weighted by molar-refractivity contribution is 8.18. The van der Waals surface area contributed by atoms with E-state index in [0.29, 0.717) is 10.6 Å². The van der Waals surface area contributed by atoms with Crippen molar-refractivity contribution in [3.8, 4) is 0 Å². The molecule has 0 aromatic heterocycles. The van der Waals surface area contributed by atoms with Gasteiger partial charge in [0.25, 0.3) is 11.1 Å². The number of amides is 3. The minimum atomic E-state index is -3.81. The number of anilines is 1. The van der Waals surface area contributed by atoms with Gasteiger partial charge in [-0.2, -0.15) is 0 Å². The van der Waals surface area contributed by atoms with Crippen molar-refractivity contribution in [3.05, 3.63) is 65.1 Å². The van der Waals surface area contributed by atoms with E-state index in [2.05, 4.69) is 5.32 Å². The number of nitrogens with zero attached hydrogens (tertiary/aromatic N) is 1. The van der Waals surface area contributed by atoms with Crippen molar-refractivity contribution in [2.45, 2.75) is 11.3 Å². The summed E-state index contributed by atoms with van der Waals surface area (Å²) in [5.41, 5.74) is 1.18. The van der Waals surface area contributed by atoms with Gasteiger partial charge in [-0.1, -0.05) is 30.3 Å². The Morgan fingerprint density at radius 3 is 2.34 bits per heavy atom. The first-order chi connectivity index (χ1) is 13.7. The van der Waals surface area contributed by atoms with Crippen molar-refractivity contribution in [1.29, 1.82) is 0 Å². The SMILES string of the molecule is NS(=O)(=O)c1ccc(NC(=O)CCN2C(=O)SC(=Cc3ccccc3)C2=O)cc1. The number of imide groups is 1. The van der Waals surface area contributed by atoms with Crippen LogP contribution in [0, 0.1) is 0 Å². The van der Waals surface area contributed by atoms with Gasteiger partial charge in [0.15, 0.2) is 0 Å². The molecule has 1 heterocycles. The summed E-state index contributed by atoms with van der Waals surface area (Å²) in [6.45, 7) is -0.0576. The van der Waals surface area contributed by atoms with E-state index < -0.39 is 27.1 Å². The van der Waals surface area contributed by atoms with Crippen LogP contribution in [0.5, 0.6) is 0 Å². The van der Waals surface area contributed by atoms with E-state index in [4.69, 9.17) is 5.14 Å². The summed E-state index contributed by atoms with van der Waals surface area (Å²) in [5, 5.41) is 7.17. The van der Waals surface area contributed by atoms with E-state index in [1.54, 1.807) is 6.08 Å². The fourth-order valence-electron chi connectivity index (χ4n) is 2.56. The van der Waals surface area contributed by atoms with Crippen LogP contribution in [-0.2, 0) is 19.6 Å². The third-order valence-electron chi connectivity index (χ3n) is 4.00. The average molecular weight is 431 g/mol. The van der Waals surface area contributed by atoms with Gasteiger partial charge in [0.05, 0.1) is 9.80 Å². The van der Waals surface area contributed by atoms with E-state index in [1.807, 2.05) is 30.3 Å². The number of carbonyl (C=O) groups is 3. The normalized spacial score (nSPS) is 15.8. The van der Waals surface area contributed by atoms with Crippen LogP contribution < -0.4 is 10.5 Å². The smallest absolute Gasteiger partial charge is 0.293 e. The minimum absolute atomic E-state index is 0.0576. The molecule has 0 aliphatic carbocycles. The van der Waals surface area contributed by atoms with Crippen molar-refractivity contribution >= 4 is 50.6 Å². The standard InChI is InChI=1S/C19H17N3O5S2/c20-29(26,27)15-8-6-14(7-9-15)21-17(23)10-11-22-18(24)16(28-19(22)25)12-13-4-2-1-3-5-13/h1-9,12H,10-11H2,(H,21,23)(H2,20,26,27). The van der Waals surface area contributed by atoms with Gasteiger partial charge >= 0.3 is 0 Å². The Morgan fingerprint density at radius 1 is 1.07 bits per heavy atom. The van der Waals surface area contributed by atoms with Crippen molar-refractivity contribution in [2.75, 3.05) is 11.9 Å².